The molecule has 0 bridgehead atoms. The topological polar surface area (TPSA) is 83.6 Å². The number of nitrogens with two attached hydrogens (primary N) is 1. The number of carbonyl (C=O) groups is 1. The van der Waals surface area contributed by atoms with E-state index < -0.39 is 24.0 Å². The fourth-order valence-electron chi connectivity index (χ4n) is 1.49. The van der Waals surface area contributed by atoms with Crippen molar-refractivity contribution in [3.05, 3.63) is 0 Å². The molecule has 0 aromatic heterocycles. The molecule has 1 aliphatic rings. The zero-order chi connectivity index (χ0) is 8.43. The molecule has 0 amide bonds. The van der Waals surface area contributed by atoms with Crippen LogP contribution in [0, 0.1) is 5.92 Å². The highest BCUT2D eigenvalue weighted by Gasteiger charge is 2.33. The summed E-state index contributed by atoms with van der Waals surface area (Å²) in [4.78, 5) is 10.5. The van der Waals surface area contributed by atoms with Crippen LogP contribution in [-0.2, 0) is 4.79 Å². The van der Waals surface area contributed by atoms with Crippen LogP contribution in [0.5, 0.6) is 0 Å². The van der Waals surface area contributed by atoms with Crippen LogP contribution in [-0.4, -0.2) is 28.3 Å². The molecule has 3 atom stereocenters. The number of hydrogen-bond acceptors (Lipinski definition) is 3. The second-order valence-electron chi connectivity index (χ2n) is 3.02. The van der Waals surface area contributed by atoms with Crippen LogP contribution >= 0.6 is 0 Å². The van der Waals surface area contributed by atoms with E-state index in [4.69, 9.17) is 10.8 Å². The molecule has 1 rings (SSSR count). The summed E-state index contributed by atoms with van der Waals surface area (Å²) in [6, 6.07) is -0.582. The van der Waals surface area contributed by atoms with Gasteiger partial charge in [-0.15, -0.1) is 0 Å². The molecule has 1 saturated carbocycles. The minimum absolute atomic E-state index is 0.557. The van der Waals surface area contributed by atoms with Gasteiger partial charge in [-0.3, -0.25) is 4.79 Å². The molecule has 0 spiro atoms. The third kappa shape index (κ3) is 1.70. The van der Waals surface area contributed by atoms with Crippen molar-refractivity contribution < 1.29 is 15.0 Å². The third-order valence-corrected chi connectivity index (χ3v) is 2.24. The van der Waals surface area contributed by atoms with Gasteiger partial charge in [0.15, 0.2) is 0 Å². The molecule has 0 aliphatic heterocycles. The Morgan fingerprint density at radius 1 is 1.45 bits per heavy atom. The Morgan fingerprint density at radius 3 is 2.55 bits per heavy atom. The van der Waals surface area contributed by atoms with E-state index in [2.05, 4.69) is 0 Å². The average molecular weight is 159 g/mol. The van der Waals surface area contributed by atoms with Crippen molar-refractivity contribution in [1.82, 2.24) is 0 Å². The molecule has 11 heavy (non-hydrogen) atoms. The number of carboxylic acid groups (broad SMARTS) is 1. The van der Waals surface area contributed by atoms with Gasteiger partial charge in [-0.1, -0.05) is 0 Å². The summed E-state index contributed by atoms with van der Waals surface area (Å²) in [6.45, 7) is 0. The average Bonchev–Trinajstić information content (AvgIpc) is 1.94. The maximum Gasteiger partial charge on any atom is 0.308 e. The first-order valence-electron chi connectivity index (χ1n) is 3.79. The van der Waals surface area contributed by atoms with Crippen molar-refractivity contribution in [1.29, 1.82) is 0 Å². The first kappa shape index (κ1) is 8.49. The third-order valence-electron chi connectivity index (χ3n) is 2.24. The Morgan fingerprint density at radius 2 is 2.09 bits per heavy atom. The molecule has 0 aromatic rings. The zero-order valence-electron chi connectivity index (χ0n) is 6.23. The predicted molar refractivity (Wildman–Crippen MR) is 39.0 cm³/mol. The summed E-state index contributed by atoms with van der Waals surface area (Å²) in [6.07, 6.45) is 1.34. The first-order valence-corrected chi connectivity index (χ1v) is 3.79. The number of aliphatic hydroxyl groups is 1. The number of hydrogen-bond donors (Lipinski definition) is 3. The van der Waals surface area contributed by atoms with E-state index in [0.717, 1.165) is 6.42 Å². The normalized spacial score (nSPS) is 38.5. The Labute approximate surface area is 65.0 Å². The lowest BCUT2D eigenvalue weighted by Gasteiger charge is -2.29. The quantitative estimate of drug-likeness (QED) is 0.484. The minimum atomic E-state index is -0.892. The maximum absolute atomic E-state index is 10.5. The Balaban J connectivity index is 2.58. The number of carboxylic acids is 1. The van der Waals surface area contributed by atoms with Crippen LogP contribution in [0.2, 0.25) is 0 Å². The highest BCUT2D eigenvalue weighted by molar-refractivity contribution is 5.71. The van der Waals surface area contributed by atoms with E-state index in [0.29, 0.717) is 12.8 Å². The second-order valence-corrected chi connectivity index (χ2v) is 3.02. The Kier molecular flexibility index (Phi) is 2.46. The van der Waals surface area contributed by atoms with Crippen molar-refractivity contribution >= 4 is 5.97 Å². The van der Waals surface area contributed by atoms with E-state index in [-0.39, 0.29) is 0 Å². The van der Waals surface area contributed by atoms with E-state index in [1.54, 1.807) is 0 Å². The van der Waals surface area contributed by atoms with Gasteiger partial charge in [-0.25, -0.2) is 0 Å². The van der Waals surface area contributed by atoms with E-state index >= 15 is 0 Å². The maximum atomic E-state index is 10.5. The van der Waals surface area contributed by atoms with Gasteiger partial charge >= 0.3 is 5.97 Å². The van der Waals surface area contributed by atoms with E-state index in [9.17, 15) is 9.90 Å². The standard InChI is InChI=1S/C7H13NO3/c8-6-4(7(10)11)2-1-3-5(6)9/h4-6,9H,1-3,8H2,(H,10,11)/t4-,5-,6+/m0/s1. The molecule has 64 valence electrons. The van der Waals surface area contributed by atoms with Gasteiger partial charge in [-0.2, -0.15) is 0 Å². The molecule has 4 nitrogen and oxygen atoms in total. The van der Waals surface area contributed by atoms with Gasteiger partial charge in [0.25, 0.3) is 0 Å². The molecule has 4 N–H and O–H groups in total. The summed E-state index contributed by atoms with van der Waals surface area (Å²) in [5.41, 5.74) is 5.49. The van der Waals surface area contributed by atoms with Crippen LogP contribution in [0.4, 0.5) is 0 Å². The summed E-state index contributed by atoms with van der Waals surface area (Å²) in [5, 5.41) is 17.8. The lowest BCUT2D eigenvalue weighted by atomic mass is 9.83. The zero-order valence-corrected chi connectivity index (χ0v) is 6.23. The monoisotopic (exact) mass is 159 g/mol. The summed E-state index contributed by atoms with van der Waals surface area (Å²) in [5.74, 6) is -1.45. The van der Waals surface area contributed by atoms with Crippen LogP contribution in [0.25, 0.3) is 0 Å². The molecule has 0 saturated heterocycles. The van der Waals surface area contributed by atoms with Crippen molar-refractivity contribution in [2.24, 2.45) is 11.7 Å². The second kappa shape index (κ2) is 3.19. The van der Waals surface area contributed by atoms with Crippen LogP contribution in [0.3, 0.4) is 0 Å². The van der Waals surface area contributed by atoms with Crippen molar-refractivity contribution in [2.45, 2.75) is 31.4 Å². The molecule has 0 heterocycles. The summed E-state index contributed by atoms with van der Waals surface area (Å²) in [7, 11) is 0. The lowest BCUT2D eigenvalue weighted by molar-refractivity contribution is -0.145. The fraction of sp³-hybridized carbons (Fsp3) is 0.857. The minimum Gasteiger partial charge on any atom is -0.481 e. The first-order chi connectivity index (χ1) is 5.13. The molecule has 0 aromatic carbocycles. The molecule has 1 aliphatic carbocycles. The molecule has 1 fully saturated rings. The molecular formula is C7H13NO3. The van der Waals surface area contributed by atoms with Crippen LogP contribution < -0.4 is 5.73 Å². The number of aliphatic carboxylic acids is 1. The van der Waals surface area contributed by atoms with Crippen LogP contribution in [0.1, 0.15) is 19.3 Å². The van der Waals surface area contributed by atoms with Crippen molar-refractivity contribution in [3.63, 3.8) is 0 Å². The lowest BCUT2D eigenvalue weighted by Crippen LogP contribution is -2.47. The fourth-order valence-corrected chi connectivity index (χ4v) is 1.49. The predicted octanol–water partition coefficient (Wildman–Crippen LogP) is -0.441. The Hall–Kier alpha value is -0.610. The van der Waals surface area contributed by atoms with Crippen molar-refractivity contribution in [3.8, 4) is 0 Å². The molecule has 4 heteroatoms. The smallest absolute Gasteiger partial charge is 0.308 e. The number of rotatable bonds is 1. The van der Waals surface area contributed by atoms with Gasteiger partial charge in [-0.05, 0) is 19.3 Å². The largest absolute Gasteiger partial charge is 0.481 e. The SMILES string of the molecule is N[C@@H]1[C@@H](C(=O)O)CCC[C@@H]1O. The van der Waals surface area contributed by atoms with Gasteiger partial charge in [0.2, 0.25) is 0 Å². The Bertz CT molecular complexity index is 160. The van der Waals surface area contributed by atoms with Gasteiger partial charge in [0, 0.05) is 6.04 Å². The van der Waals surface area contributed by atoms with E-state index in [1.807, 2.05) is 0 Å². The highest BCUT2D eigenvalue weighted by Crippen LogP contribution is 2.23. The number of aliphatic hydroxyl groups excluding tert-OH is 1. The molecule has 0 radical (unpaired) electrons. The highest BCUT2D eigenvalue weighted by atomic mass is 16.4. The van der Waals surface area contributed by atoms with Gasteiger partial charge in [0.1, 0.15) is 0 Å². The van der Waals surface area contributed by atoms with E-state index in [1.165, 1.54) is 0 Å². The molecule has 0 unspecified atom stereocenters. The van der Waals surface area contributed by atoms with Crippen LogP contribution in [0.15, 0.2) is 0 Å². The van der Waals surface area contributed by atoms with Gasteiger partial charge < -0.3 is 15.9 Å². The van der Waals surface area contributed by atoms with Crippen molar-refractivity contribution in [2.75, 3.05) is 0 Å². The summed E-state index contributed by atoms with van der Waals surface area (Å²) < 4.78 is 0. The van der Waals surface area contributed by atoms with Gasteiger partial charge in [0.05, 0.1) is 12.0 Å². The molecular weight excluding hydrogens is 146 g/mol. The summed E-state index contributed by atoms with van der Waals surface area (Å²) >= 11 is 0.